The molecular weight excluding hydrogens is 372 g/mol. The van der Waals surface area contributed by atoms with Crippen molar-refractivity contribution in [2.45, 2.75) is 19.4 Å². The van der Waals surface area contributed by atoms with Gasteiger partial charge in [0.15, 0.2) is 0 Å². The van der Waals surface area contributed by atoms with Gasteiger partial charge in [-0.3, -0.25) is 14.6 Å². The summed E-state index contributed by atoms with van der Waals surface area (Å²) in [4.78, 5) is 31.2. The van der Waals surface area contributed by atoms with E-state index in [1.165, 1.54) is 12.0 Å². The van der Waals surface area contributed by atoms with Crippen LogP contribution in [0.3, 0.4) is 0 Å². The maximum absolute atomic E-state index is 12.8. The summed E-state index contributed by atoms with van der Waals surface area (Å²) in [5, 5.41) is 11.0. The first-order valence-corrected chi connectivity index (χ1v) is 9.50. The Hall–Kier alpha value is -3.19. The molecule has 1 aromatic carbocycles. The average molecular weight is 396 g/mol. The van der Waals surface area contributed by atoms with Crippen molar-refractivity contribution in [3.05, 3.63) is 65.5 Å². The number of amides is 1. The van der Waals surface area contributed by atoms with Crippen molar-refractivity contribution in [2.24, 2.45) is 0 Å². The second kappa shape index (κ2) is 9.34. The van der Waals surface area contributed by atoms with Crippen LogP contribution in [0.2, 0.25) is 0 Å². The van der Waals surface area contributed by atoms with Gasteiger partial charge in [0, 0.05) is 25.4 Å². The Labute approximate surface area is 169 Å². The second-order valence-corrected chi connectivity index (χ2v) is 6.62. The molecular formula is C22H24N2O5. The number of aliphatic hydroxyl groups is 1. The summed E-state index contributed by atoms with van der Waals surface area (Å²) in [7, 11) is 1.52. The third-order valence-corrected chi connectivity index (χ3v) is 4.62. The van der Waals surface area contributed by atoms with Gasteiger partial charge >= 0.3 is 0 Å². The first-order chi connectivity index (χ1) is 14.1. The Morgan fingerprint density at radius 1 is 1.17 bits per heavy atom. The van der Waals surface area contributed by atoms with E-state index in [1.807, 2.05) is 6.92 Å². The minimum atomic E-state index is -0.786. The maximum atomic E-state index is 12.8. The molecule has 1 amide bonds. The summed E-state index contributed by atoms with van der Waals surface area (Å²) in [5.74, 6) is -1.09. The highest BCUT2D eigenvalue weighted by molar-refractivity contribution is 6.46. The minimum Gasteiger partial charge on any atom is -0.507 e. The number of benzene rings is 1. The van der Waals surface area contributed by atoms with Crippen molar-refractivity contribution >= 4 is 17.4 Å². The first-order valence-electron chi connectivity index (χ1n) is 9.50. The molecule has 2 heterocycles. The maximum Gasteiger partial charge on any atom is 0.295 e. The standard InChI is InChI=1S/C22H24N2O5/c1-3-12-29-16-8-6-7-15(14-16)20(25)18-19(17-9-4-5-10-23-17)24(11-13-28-2)22(27)21(18)26/h4-10,14,19,25H,3,11-13H2,1-2H3/b20-18-. The monoisotopic (exact) mass is 396 g/mol. The van der Waals surface area contributed by atoms with Gasteiger partial charge in [0.25, 0.3) is 11.7 Å². The summed E-state index contributed by atoms with van der Waals surface area (Å²) < 4.78 is 10.7. The van der Waals surface area contributed by atoms with Gasteiger partial charge in [0.05, 0.1) is 24.5 Å². The van der Waals surface area contributed by atoms with Crippen molar-refractivity contribution < 1.29 is 24.2 Å². The normalized spacial score (nSPS) is 18.3. The van der Waals surface area contributed by atoms with Gasteiger partial charge in [-0.2, -0.15) is 0 Å². The zero-order valence-corrected chi connectivity index (χ0v) is 16.5. The number of ether oxygens (including phenoxy) is 2. The fraction of sp³-hybridized carbons (Fsp3) is 0.318. The molecule has 0 bridgehead atoms. The molecule has 1 N–H and O–H groups in total. The van der Waals surface area contributed by atoms with Crippen LogP contribution in [0, 0.1) is 0 Å². The van der Waals surface area contributed by atoms with Crippen LogP contribution in [0.4, 0.5) is 0 Å². The van der Waals surface area contributed by atoms with Gasteiger partial charge in [0.2, 0.25) is 0 Å². The van der Waals surface area contributed by atoms with Crippen molar-refractivity contribution in [3.8, 4) is 5.75 Å². The second-order valence-electron chi connectivity index (χ2n) is 6.62. The van der Waals surface area contributed by atoms with Crippen LogP contribution in [-0.2, 0) is 14.3 Å². The predicted molar refractivity (Wildman–Crippen MR) is 107 cm³/mol. The molecule has 1 aliphatic heterocycles. The quantitative estimate of drug-likeness (QED) is 0.419. The van der Waals surface area contributed by atoms with Crippen molar-refractivity contribution in [3.63, 3.8) is 0 Å². The SMILES string of the molecule is CCCOc1cccc(/C(O)=C2/C(=O)C(=O)N(CCOC)C2c2ccccn2)c1. The third kappa shape index (κ3) is 4.30. The number of hydrogen-bond acceptors (Lipinski definition) is 6. The zero-order valence-electron chi connectivity index (χ0n) is 16.5. The van der Waals surface area contributed by atoms with Crippen LogP contribution in [0.15, 0.2) is 54.2 Å². The fourth-order valence-electron chi connectivity index (χ4n) is 3.25. The van der Waals surface area contributed by atoms with Crippen molar-refractivity contribution in [1.82, 2.24) is 9.88 Å². The van der Waals surface area contributed by atoms with E-state index in [0.29, 0.717) is 23.6 Å². The number of hydrogen-bond donors (Lipinski definition) is 1. The highest BCUT2D eigenvalue weighted by atomic mass is 16.5. The molecule has 152 valence electrons. The number of aliphatic hydroxyl groups excluding tert-OH is 1. The number of likely N-dealkylation sites (tertiary alicyclic amines) is 1. The van der Waals surface area contributed by atoms with Crippen LogP contribution >= 0.6 is 0 Å². The molecule has 29 heavy (non-hydrogen) atoms. The van der Waals surface area contributed by atoms with Gasteiger partial charge in [0.1, 0.15) is 17.6 Å². The van der Waals surface area contributed by atoms with Gasteiger partial charge in [-0.25, -0.2) is 0 Å². The highest BCUT2D eigenvalue weighted by Crippen LogP contribution is 2.38. The molecule has 7 nitrogen and oxygen atoms in total. The largest absolute Gasteiger partial charge is 0.507 e. The molecule has 0 aliphatic carbocycles. The smallest absolute Gasteiger partial charge is 0.295 e. The zero-order chi connectivity index (χ0) is 20.8. The number of ketones is 1. The Bertz CT molecular complexity index is 910. The Morgan fingerprint density at radius 3 is 2.69 bits per heavy atom. The summed E-state index contributed by atoms with van der Waals surface area (Å²) in [6, 6.07) is 11.3. The first kappa shape index (κ1) is 20.5. The highest BCUT2D eigenvalue weighted by Gasteiger charge is 2.46. The molecule has 0 spiro atoms. The molecule has 3 rings (SSSR count). The van der Waals surface area contributed by atoms with Gasteiger partial charge < -0.3 is 19.5 Å². The van der Waals surface area contributed by atoms with Crippen LogP contribution in [0.5, 0.6) is 5.75 Å². The summed E-state index contributed by atoms with van der Waals surface area (Å²) in [5.41, 5.74) is 0.921. The molecule has 1 saturated heterocycles. The van der Waals surface area contributed by atoms with E-state index < -0.39 is 17.7 Å². The van der Waals surface area contributed by atoms with E-state index in [0.717, 1.165) is 6.42 Å². The molecule has 1 atom stereocenters. The van der Waals surface area contributed by atoms with E-state index in [2.05, 4.69) is 4.98 Å². The van der Waals surface area contributed by atoms with E-state index in [9.17, 15) is 14.7 Å². The lowest BCUT2D eigenvalue weighted by Crippen LogP contribution is -2.33. The summed E-state index contributed by atoms with van der Waals surface area (Å²) >= 11 is 0. The van der Waals surface area contributed by atoms with Crippen LogP contribution < -0.4 is 4.74 Å². The van der Waals surface area contributed by atoms with Crippen LogP contribution in [-0.4, -0.2) is 53.5 Å². The molecule has 0 radical (unpaired) electrons. The predicted octanol–water partition coefficient (Wildman–Crippen LogP) is 2.94. The number of methoxy groups -OCH3 is 1. The number of carbonyl (C=O) groups is 2. The lowest BCUT2D eigenvalue weighted by Gasteiger charge is -2.24. The van der Waals surface area contributed by atoms with E-state index in [4.69, 9.17) is 9.47 Å². The van der Waals surface area contributed by atoms with E-state index in [1.54, 1.807) is 48.7 Å². The van der Waals surface area contributed by atoms with Crippen LogP contribution in [0.1, 0.15) is 30.6 Å². The summed E-state index contributed by atoms with van der Waals surface area (Å²) in [6.45, 7) is 3.01. The minimum absolute atomic E-state index is 0.0115. The molecule has 7 heteroatoms. The van der Waals surface area contributed by atoms with Gasteiger partial charge in [-0.15, -0.1) is 0 Å². The van der Waals surface area contributed by atoms with Gasteiger partial charge in [-0.05, 0) is 30.7 Å². The van der Waals surface area contributed by atoms with Crippen LogP contribution in [0.25, 0.3) is 5.76 Å². The van der Waals surface area contributed by atoms with E-state index >= 15 is 0 Å². The molecule has 1 unspecified atom stereocenters. The average Bonchev–Trinajstić information content (AvgIpc) is 3.01. The molecule has 1 aromatic heterocycles. The molecule has 1 aliphatic rings. The Kier molecular flexibility index (Phi) is 6.61. The number of pyridine rings is 1. The number of nitrogens with zero attached hydrogens (tertiary/aromatic N) is 2. The van der Waals surface area contributed by atoms with Gasteiger partial charge in [-0.1, -0.05) is 25.1 Å². The number of carbonyl (C=O) groups excluding carboxylic acids is 2. The lowest BCUT2D eigenvalue weighted by molar-refractivity contribution is -0.140. The van der Waals surface area contributed by atoms with E-state index in [-0.39, 0.29) is 24.5 Å². The Morgan fingerprint density at radius 2 is 2.00 bits per heavy atom. The Balaban J connectivity index is 2.08. The number of rotatable bonds is 8. The molecule has 1 fully saturated rings. The fourth-order valence-corrected chi connectivity index (χ4v) is 3.25. The number of Topliss-reactive ketones (excluding diaryl/α,β-unsaturated/α-hetero) is 1. The van der Waals surface area contributed by atoms with Crippen molar-refractivity contribution in [2.75, 3.05) is 26.9 Å². The summed E-state index contributed by atoms with van der Waals surface area (Å²) in [6.07, 6.45) is 2.44. The molecule has 2 aromatic rings. The topological polar surface area (TPSA) is 89.0 Å². The lowest BCUT2D eigenvalue weighted by atomic mass is 9.98. The molecule has 0 saturated carbocycles. The van der Waals surface area contributed by atoms with Crippen molar-refractivity contribution in [1.29, 1.82) is 0 Å². The number of aromatic nitrogens is 1. The third-order valence-electron chi connectivity index (χ3n) is 4.62.